The maximum absolute atomic E-state index is 12.7. The van der Waals surface area contributed by atoms with Crippen molar-refractivity contribution in [2.45, 2.75) is 18.7 Å². The molecule has 1 atom stereocenters. The molecule has 0 aromatic heterocycles. The van der Waals surface area contributed by atoms with Crippen molar-refractivity contribution >= 4 is 32.6 Å². The molecule has 0 amide bonds. The van der Waals surface area contributed by atoms with Gasteiger partial charge >= 0.3 is 0 Å². The Hall–Kier alpha value is -1.00. The van der Waals surface area contributed by atoms with Crippen LogP contribution in [0.1, 0.15) is 12.5 Å². The van der Waals surface area contributed by atoms with Crippen molar-refractivity contribution in [3.63, 3.8) is 0 Å². The Morgan fingerprint density at radius 2 is 2.00 bits per heavy atom. The average molecular weight is 436 g/mol. The van der Waals surface area contributed by atoms with Gasteiger partial charge in [0.2, 0.25) is 16.6 Å². The lowest BCUT2D eigenvalue weighted by Gasteiger charge is -2.21. The summed E-state index contributed by atoms with van der Waals surface area (Å²) >= 11 is 2.01. The van der Waals surface area contributed by atoms with Crippen LogP contribution in [0.15, 0.2) is 38.8 Å². The van der Waals surface area contributed by atoms with Gasteiger partial charge in [-0.05, 0) is 35.6 Å². The second-order valence-corrected chi connectivity index (χ2v) is 8.33. The SMILES string of the molecule is Cc1ccc(S(=O)(=O)N2C/C(=C\I)[C@@](C)(C[N+](=O)[O-])C2)cc1. The number of halogens is 1. The van der Waals surface area contributed by atoms with Crippen molar-refractivity contribution in [2.75, 3.05) is 19.6 Å². The fourth-order valence-corrected chi connectivity index (χ4v) is 5.05. The van der Waals surface area contributed by atoms with E-state index < -0.39 is 15.4 Å². The van der Waals surface area contributed by atoms with Crippen LogP contribution in [0, 0.1) is 22.5 Å². The first-order valence-corrected chi connectivity index (χ1v) is 9.36. The Morgan fingerprint density at radius 3 is 2.50 bits per heavy atom. The maximum atomic E-state index is 12.7. The molecule has 0 saturated carbocycles. The number of hydrogen-bond donors (Lipinski definition) is 0. The van der Waals surface area contributed by atoms with Gasteiger partial charge in [0.15, 0.2) is 0 Å². The number of aryl methyl sites for hydroxylation is 1. The summed E-state index contributed by atoms with van der Waals surface area (Å²) in [5, 5.41) is 10.9. The molecular formula is C14H17IN2O4S. The normalized spacial score (nSPS) is 24.8. The minimum Gasteiger partial charge on any atom is -0.265 e. The summed E-state index contributed by atoms with van der Waals surface area (Å²) in [6.07, 6.45) is 0. The number of nitrogens with zero attached hydrogens (tertiary/aromatic N) is 2. The van der Waals surface area contributed by atoms with Crippen LogP contribution in [-0.2, 0) is 10.0 Å². The molecule has 1 aromatic rings. The molecule has 1 aliphatic rings. The maximum Gasteiger partial charge on any atom is 0.243 e. The van der Waals surface area contributed by atoms with Crippen molar-refractivity contribution in [1.82, 2.24) is 4.31 Å². The number of rotatable bonds is 4. The van der Waals surface area contributed by atoms with Crippen LogP contribution in [-0.4, -0.2) is 37.3 Å². The highest BCUT2D eigenvalue weighted by Crippen LogP contribution is 2.38. The van der Waals surface area contributed by atoms with Gasteiger partial charge in [0, 0.05) is 18.0 Å². The Labute approximate surface area is 143 Å². The second kappa shape index (κ2) is 6.25. The third-order valence-corrected chi connectivity index (χ3v) is 6.47. The first kappa shape index (κ1) is 17.4. The summed E-state index contributed by atoms with van der Waals surface area (Å²) in [4.78, 5) is 10.7. The zero-order chi connectivity index (χ0) is 16.5. The van der Waals surface area contributed by atoms with Crippen LogP contribution >= 0.6 is 22.6 Å². The first-order chi connectivity index (χ1) is 10.2. The molecule has 120 valence electrons. The van der Waals surface area contributed by atoms with Gasteiger partial charge in [0.25, 0.3) is 0 Å². The summed E-state index contributed by atoms with van der Waals surface area (Å²) in [7, 11) is -3.64. The van der Waals surface area contributed by atoms with E-state index in [2.05, 4.69) is 0 Å². The molecule has 22 heavy (non-hydrogen) atoms. The van der Waals surface area contributed by atoms with E-state index in [4.69, 9.17) is 0 Å². The van der Waals surface area contributed by atoms with Crippen molar-refractivity contribution in [2.24, 2.45) is 5.41 Å². The molecule has 1 heterocycles. The summed E-state index contributed by atoms with van der Waals surface area (Å²) < 4.78 is 28.5. The highest BCUT2D eigenvalue weighted by atomic mass is 127. The van der Waals surface area contributed by atoms with E-state index in [1.807, 2.05) is 29.5 Å². The third kappa shape index (κ3) is 3.33. The number of hydrogen-bond acceptors (Lipinski definition) is 4. The van der Waals surface area contributed by atoms with Crippen molar-refractivity contribution < 1.29 is 13.3 Å². The highest BCUT2D eigenvalue weighted by molar-refractivity contribution is 14.1. The van der Waals surface area contributed by atoms with Gasteiger partial charge in [-0.25, -0.2) is 8.42 Å². The zero-order valence-electron chi connectivity index (χ0n) is 12.3. The Morgan fingerprint density at radius 1 is 1.41 bits per heavy atom. The molecule has 2 rings (SSSR count). The molecule has 0 bridgehead atoms. The smallest absolute Gasteiger partial charge is 0.243 e. The molecule has 1 aliphatic heterocycles. The standard InChI is InChI=1S/C14H17IN2O4S/c1-11-3-5-13(6-4-11)22(20,21)16-8-12(7-15)14(2,9-16)10-17(18)19/h3-7H,8-10H2,1-2H3/b12-7+/t14-/m1/s1. The molecule has 0 aliphatic carbocycles. The minimum atomic E-state index is -3.64. The van der Waals surface area contributed by atoms with Crippen molar-refractivity contribution in [3.05, 3.63) is 49.6 Å². The zero-order valence-corrected chi connectivity index (χ0v) is 15.3. The van der Waals surface area contributed by atoms with Crippen molar-refractivity contribution in [3.8, 4) is 0 Å². The quantitative estimate of drug-likeness (QED) is 0.413. The first-order valence-electron chi connectivity index (χ1n) is 6.67. The summed E-state index contributed by atoms with van der Waals surface area (Å²) in [6, 6.07) is 6.63. The predicted octanol–water partition coefficient (Wildman–Crippen LogP) is 2.60. The van der Waals surface area contributed by atoms with Gasteiger partial charge in [-0.3, -0.25) is 10.1 Å². The van der Waals surface area contributed by atoms with Gasteiger partial charge in [-0.2, -0.15) is 4.31 Å². The average Bonchev–Trinajstić information content (AvgIpc) is 2.75. The lowest BCUT2D eigenvalue weighted by molar-refractivity contribution is -0.493. The van der Waals surface area contributed by atoms with E-state index in [1.54, 1.807) is 35.3 Å². The van der Waals surface area contributed by atoms with E-state index in [0.717, 1.165) is 11.1 Å². The van der Waals surface area contributed by atoms with Gasteiger partial charge < -0.3 is 0 Å². The van der Waals surface area contributed by atoms with E-state index >= 15 is 0 Å². The van der Waals surface area contributed by atoms with Crippen molar-refractivity contribution in [1.29, 1.82) is 0 Å². The molecule has 0 N–H and O–H groups in total. The molecule has 1 fully saturated rings. The van der Waals surface area contributed by atoms with Gasteiger partial charge in [0.05, 0.1) is 10.3 Å². The summed E-state index contributed by atoms with van der Waals surface area (Å²) in [5.41, 5.74) is 0.995. The Kier molecular flexibility index (Phi) is 4.93. The van der Waals surface area contributed by atoms with Crippen LogP contribution in [0.3, 0.4) is 0 Å². The highest BCUT2D eigenvalue weighted by Gasteiger charge is 2.46. The predicted molar refractivity (Wildman–Crippen MR) is 92.0 cm³/mol. The fourth-order valence-electron chi connectivity index (χ4n) is 2.56. The number of nitro groups is 1. The van der Waals surface area contributed by atoms with Crippen LogP contribution in [0.2, 0.25) is 0 Å². The molecular weight excluding hydrogens is 419 g/mol. The Bertz CT molecular complexity index is 715. The number of benzene rings is 1. The van der Waals surface area contributed by atoms with Gasteiger partial charge in [-0.15, -0.1) is 0 Å². The number of sulfonamides is 1. The van der Waals surface area contributed by atoms with E-state index in [-0.39, 0.29) is 29.5 Å². The van der Waals surface area contributed by atoms with E-state index in [0.29, 0.717) is 0 Å². The molecule has 1 aromatic carbocycles. The molecule has 0 unspecified atom stereocenters. The largest absolute Gasteiger partial charge is 0.265 e. The van der Waals surface area contributed by atoms with Crippen LogP contribution < -0.4 is 0 Å². The molecule has 8 heteroatoms. The molecule has 1 saturated heterocycles. The molecule has 0 spiro atoms. The topological polar surface area (TPSA) is 80.5 Å². The van der Waals surface area contributed by atoms with E-state index in [1.165, 1.54) is 4.31 Å². The third-order valence-electron chi connectivity index (χ3n) is 3.92. The monoisotopic (exact) mass is 436 g/mol. The summed E-state index contributed by atoms with van der Waals surface area (Å²) in [6.45, 7) is 3.67. The van der Waals surface area contributed by atoms with Gasteiger partial charge in [-0.1, -0.05) is 40.3 Å². The Balaban J connectivity index is 2.34. The minimum absolute atomic E-state index is 0.124. The lowest BCUT2D eigenvalue weighted by atomic mass is 9.86. The second-order valence-electron chi connectivity index (χ2n) is 5.77. The molecule has 0 radical (unpaired) electrons. The van der Waals surface area contributed by atoms with E-state index in [9.17, 15) is 18.5 Å². The van der Waals surface area contributed by atoms with Crippen LogP contribution in [0.4, 0.5) is 0 Å². The van der Waals surface area contributed by atoms with Gasteiger partial charge in [0.1, 0.15) is 0 Å². The van der Waals surface area contributed by atoms with Crippen LogP contribution in [0.5, 0.6) is 0 Å². The summed E-state index contributed by atoms with van der Waals surface area (Å²) in [5.74, 6) is 0. The van der Waals surface area contributed by atoms with Crippen LogP contribution in [0.25, 0.3) is 0 Å². The molecule has 6 nitrogen and oxygen atoms in total. The fraction of sp³-hybridized carbons (Fsp3) is 0.429. The lowest BCUT2D eigenvalue weighted by Crippen LogP contribution is -2.34.